The molecule has 0 aromatic carbocycles. The maximum Gasteiger partial charge on any atom is 0.352 e. The van der Waals surface area contributed by atoms with Gasteiger partial charge in [0.1, 0.15) is 6.33 Å². The van der Waals surface area contributed by atoms with Crippen LogP contribution in [0.15, 0.2) is 6.33 Å². The summed E-state index contributed by atoms with van der Waals surface area (Å²) in [6, 6.07) is -0.677. The highest BCUT2D eigenvalue weighted by molar-refractivity contribution is 5.71. The number of nitrogen functional groups attached to an aromatic ring is 1. The first kappa shape index (κ1) is 12.4. The van der Waals surface area contributed by atoms with Crippen molar-refractivity contribution in [1.29, 1.82) is 0 Å². The summed E-state index contributed by atoms with van der Waals surface area (Å²) in [6.45, 7) is 0.427. The fraction of sp³-hybridized carbons (Fsp3) is 0.286. The Balaban J connectivity index is 2.67. The summed E-state index contributed by atoms with van der Waals surface area (Å²) in [6.07, 6.45) is 1.10. The van der Waals surface area contributed by atoms with Crippen LogP contribution in [0.25, 0.3) is 0 Å². The van der Waals surface area contributed by atoms with Gasteiger partial charge in [0.2, 0.25) is 11.6 Å². The van der Waals surface area contributed by atoms with E-state index < -0.39 is 16.6 Å². The molecule has 0 fully saturated rings. The summed E-state index contributed by atoms with van der Waals surface area (Å²) >= 11 is 0. The number of hydrogen-bond donors (Lipinski definition) is 4. The molecule has 0 saturated heterocycles. The topological polar surface area (TPSA) is 162 Å². The Morgan fingerprint density at radius 1 is 1.47 bits per heavy atom. The van der Waals surface area contributed by atoms with Crippen molar-refractivity contribution in [3.8, 4) is 0 Å². The lowest BCUT2D eigenvalue weighted by Crippen LogP contribution is -2.33. The van der Waals surface area contributed by atoms with Gasteiger partial charge in [-0.2, -0.15) is 0 Å². The molecule has 1 aromatic heterocycles. The maximum atomic E-state index is 10.7. The summed E-state index contributed by atoms with van der Waals surface area (Å²) in [4.78, 5) is 27.6. The van der Waals surface area contributed by atoms with Crippen molar-refractivity contribution in [3.63, 3.8) is 0 Å². The molecule has 1 heterocycles. The Labute approximate surface area is 95.6 Å². The van der Waals surface area contributed by atoms with Gasteiger partial charge in [0.25, 0.3) is 0 Å². The van der Waals surface area contributed by atoms with Gasteiger partial charge in [0.05, 0.1) is 4.92 Å². The van der Waals surface area contributed by atoms with Gasteiger partial charge in [-0.15, -0.1) is 0 Å². The van der Waals surface area contributed by atoms with E-state index in [1.54, 1.807) is 0 Å². The minimum Gasteiger partial charge on any atom is -0.378 e. The average Bonchev–Trinajstić information content (AvgIpc) is 2.23. The summed E-state index contributed by atoms with van der Waals surface area (Å²) < 4.78 is 0. The molecule has 1 rings (SSSR count). The molecule has 0 aliphatic carbocycles. The lowest BCUT2D eigenvalue weighted by Gasteiger charge is -2.06. The van der Waals surface area contributed by atoms with Crippen LogP contribution in [0.4, 0.5) is 22.1 Å². The monoisotopic (exact) mass is 241 g/mol. The fourth-order valence-corrected chi connectivity index (χ4v) is 1.07. The highest BCUT2D eigenvalue weighted by Gasteiger charge is 2.20. The standard InChI is InChI=1S/C7H11N7O3/c8-5-4(14(16)17)6(13-3-12-5)10-1-2-11-7(9)15/h3H,1-2H2,(H3,9,11,15)(H3,8,10,12,13). The number of rotatable bonds is 5. The largest absolute Gasteiger partial charge is 0.378 e. The molecule has 0 bridgehead atoms. The van der Waals surface area contributed by atoms with Gasteiger partial charge < -0.3 is 22.1 Å². The van der Waals surface area contributed by atoms with E-state index >= 15 is 0 Å². The second kappa shape index (κ2) is 5.44. The molecular weight excluding hydrogens is 230 g/mol. The third-order valence-electron chi connectivity index (χ3n) is 1.75. The van der Waals surface area contributed by atoms with E-state index in [4.69, 9.17) is 11.5 Å². The van der Waals surface area contributed by atoms with Crippen LogP contribution in [0.5, 0.6) is 0 Å². The molecule has 10 heteroatoms. The molecule has 92 valence electrons. The zero-order chi connectivity index (χ0) is 12.8. The lowest BCUT2D eigenvalue weighted by atomic mass is 10.4. The number of carbonyl (C=O) groups is 1. The quantitative estimate of drug-likeness (QED) is 0.293. The highest BCUT2D eigenvalue weighted by atomic mass is 16.6. The number of amides is 2. The zero-order valence-corrected chi connectivity index (χ0v) is 8.71. The smallest absolute Gasteiger partial charge is 0.352 e. The number of nitrogens with one attached hydrogen (secondary N) is 2. The third kappa shape index (κ3) is 3.44. The first-order valence-electron chi connectivity index (χ1n) is 4.54. The van der Waals surface area contributed by atoms with Crippen LogP contribution in [0, 0.1) is 10.1 Å². The van der Waals surface area contributed by atoms with E-state index in [9.17, 15) is 14.9 Å². The molecule has 0 spiro atoms. The van der Waals surface area contributed by atoms with Crippen molar-refractivity contribution in [2.24, 2.45) is 5.73 Å². The molecule has 6 N–H and O–H groups in total. The van der Waals surface area contributed by atoms with Crippen LogP contribution >= 0.6 is 0 Å². The molecule has 10 nitrogen and oxygen atoms in total. The van der Waals surface area contributed by atoms with Gasteiger partial charge in [0, 0.05) is 13.1 Å². The van der Waals surface area contributed by atoms with Gasteiger partial charge in [0.15, 0.2) is 0 Å². The Hall–Kier alpha value is -2.65. The van der Waals surface area contributed by atoms with Crippen LogP contribution in [0.3, 0.4) is 0 Å². The van der Waals surface area contributed by atoms with Crippen molar-refractivity contribution in [2.75, 3.05) is 24.1 Å². The number of nitrogens with zero attached hydrogens (tertiary/aromatic N) is 3. The van der Waals surface area contributed by atoms with E-state index in [1.165, 1.54) is 0 Å². The SMILES string of the molecule is NC(=O)NCCNc1ncnc(N)c1[N+](=O)[O-]. The minimum atomic E-state index is -0.681. The first-order chi connectivity index (χ1) is 8.02. The van der Waals surface area contributed by atoms with Gasteiger partial charge in [-0.05, 0) is 0 Å². The predicted octanol–water partition coefficient (Wildman–Crippen LogP) is -0.953. The molecule has 1 aromatic rings. The summed E-state index contributed by atoms with van der Waals surface area (Å²) in [5, 5.41) is 15.7. The van der Waals surface area contributed by atoms with E-state index in [2.05, 4.69) is 20.6 Å². The number of anilines is 2. The summed E-state index contributed by atoms with van der Waals surface area (Å²) in [7, 11) is 0. The van der Waals surface area contributed by atoms with Crippen molar-refractivity contribution in [3.05, 3.63) is 16.4 Å². The van der Waals surface area contributed by atoms with Crippen molar-refractivity contribution < 1.29 is 9.72 Å². The number of nitrogens with two attached hydrogens (primary N) is 2. The molecule has 0 aliphatic rings. The molecule has 0 saturated carbocycles. The lowest BCUT2D eigenvalue weighted by molar-refractivity contribution is -0.383. The van der Waals surface area contributed by atoms with Crippen molar-refractivity contribution in [1.82, 2.24) is 15.3 Å². The van der Waals surface area contributed by atoms with Crippen molar-refractivity contribution >= 4 is 23.4 Å². The Morgan fingerprint density at radius 2 is 2.18 bits per heavy atom. The Morgan fingerprint density at radius 3 is 2.76 bits per heavy atom. The normalized spacial score (nSPS) is 9.65. The van der Waals surface area contributed by atoms with Gasteiger partial charge in [-0.3, -0.25) is 10.1 Å². The number of nitro groups is 1. The molecule has 2 amide bonds. The van der Waals surface area contributed by atoms with Gasteiger partial charge in [-0.25, -0.2) is 14.8 Å². The second-order valence-corrected chi connectivity index (χ2v) is 2.93. The first-order valence-corrected chi connectivity index (χ1v) is 4.54. The number of carbonyl (C=O) groups excluding carboxylic acids is 1. The van der Waals surface area contributed by atoms with Crippen LogP contribution in [0.1, 0.15) is 0 Å². The highest BCUT2D eigenvalue weighted by Crippen LogP contribution is 2.25. The predicted molar refractivity (Wildman–Crippen MR) is 59.2 cm³/mol. The molecule has 0 atom stereocenters. The average molecular weight is 241 g/mol. The van der Waals surface area contributed by atoms with E-state index in [-0.39, 0.29) is 24.7 Å². The van der Waals surface area contributed by atoms with Gasteiger partial charge >= 0.3 is 11.7 Å². The van der Waals surface area contributed by atoms with Gasteiger partial charge in [-0.1, -0.05) is 0 Å². The van der Waals surface area contributed by atoms with E-state index in [0.717, 1.165) is 6.33 Å². The van der Waals surface area contributed by atoms with Crippen molar-refractivity contribution in [2.45, 2.75) is 0 Å². The molecule has 17 heavy (non-hydrogen) atoms. The minimum absolute atomic E-state index is 0.00577. The fourth-order valence-electron chi connectivity index (χ4n) is 1.07. The Bertz CT molecular complexity index is 435. The third-order valence-corrected chi connectivity index (χ3v) is 1.75. The second-order valence-electron chi connectivity index (χ2n) is 2.93. The number of urea groups is 1. The number of aromatic nitrogens is 2. The number of primary amides is 1. The molecule has 0 aliphatic heterocycles. The van der Waals surface area contributed by atoms with Crippen LogP contribution in [-0.4, -0.2) is 34.0 Å². The number of hydrogen-bond acceptors (Lipinski definition) is 7. The summed E-state index contributed by atoms with van der Waals surface area (Å²) in [5.74, 6) is -0.232. The van der Waals surface area contributed by atoms with E-state index in [0.29, 0.717) is 0 Å². The van der Waals surface area contributed by atoms with Crippen LogP contribution < -0.4 is 22.1 Å². The van der Waals surface area contributed by atoms with Crippen LogP contribution in [-0.2, 0) is 0 Å². The maximum absolute atomic E-state index is 10.7. The summed E-state index contributed by atoms with van der Waals surface area (Å²) in [5.41, 5.74) is 9.80. The molecular formula is C7H11N7O3. The van der Waals surface area contributed by atoms with Crippen LogP contribution in [0.2, 0.25) is 0 Å². The molecule has 0 unspecified atom stereocenters. The Kier molecular flexibility index (Phi) is 3.97. The van der Waals surface area contributed by atoms with E-state index in [1.807, 2.05) is 0 Å². The zero-order valence-electron chi connectivity index (χ0n) is 8.71. The molecule has 0 radical (unpaired) electrons.